The van der Waals surface area contributed by atoms with Gasteiger partial charge in [0.1, 0.15) is 17.1 Å². The molecule has 1 aromatic heterocycles. The molecule has 0 radical (unpaired) electrons. The van der Waals surface area contributed by atoms with Crippen LogP contribution in [0, 0.1) is 0 Å². The minimum absolute atomic E-state index is 0.223. The van der Waals surface area contributed by atoms with E-state index < -0.39 is 10.0 Å². The van der Waals surface area contributed by atoms with Gasteiger partial charge in [-0.3, -0.25) is 4.90 Å². The number of rotatable bonds is 2. The zero-order valence-corrected chi connectivity index (χ0v) is 13.1. The minimum Gasteiger partial charge on any atom is -0.341 e. The summed E-state index contributed by atoms with van der Waals surface area (Å²) >= 11 is 0. The van der Waals surface area contributed by atoms with E-state index in [1.54, 1.807) is 30.6 Å². The molecule has 0 amide bonds. The first-order valence-corrected chi connectivity index (χ1v) is 8.76. The van der Waals surface area contributed by atoms with Gasteiger partial charge in [-0.1, -0.05) is 12.1 Å². The van der Waals surface area contributed by atoms with Gasteiger partial charge in [0.2, 0.25) is 0 Å². The van der Waals surface area contributed by atoms with Crippen molar-refractivity contribution in [1.82, 2.24) is 14.9 Å². The minimum atomic E-state index is -3.63. The predicted molar refractivity (Wildman–Crippen MR) is 85.7 cm³/mol. The first-order valence-electron chi connectivity index (χ1n) is 7.32. The number of benzene rings is 1. The van der Waals surface area contributed by atoms with Crippen LogP contribution in [-0.2, 0) is 23.0 Å². The molecule has 0 unspecified atom stereocenters. The third-order valence-corrected chi connectivity index (χ3v) is 5.37. The van der Waals surface area contributed by atoms with Gasteiger partial charge in [0.15, 0.2) is 0 Å². The van der Waals surface area contributed by atoms with Crippen LogP contribution in [0.3, 0.4) is 0 Å². The standard InChI is InChI=1S/C15H15N5O2S/c21-23(22)14-4-2-1-3-12(14)18-15(19-23)9-20-6-5-11-7-16-10-17-13(11)8-20/h1-4,7,10H,5-6,8-9H2,(H,18,19). The number of amidine groups is 1. The zero-order valence-electron chi connectivity index (χ0n) is 12.3. The van der Waals surface area contributed by atoms with Crippen molar-refractivity contribution in [3.8, 4) is 0 Å². The molecule has 1 N–H and O–H groups in total. The van der Waals surface area contributed by atoms with Crippen LogP contribution in [0.1, 0.15) is 11.3 Å². The molecule has 2 aromatic rings. The topological polar surface area (TPSA) is 87.6 Å². The van der Waals surface area contributed by atoms with Crippen molar-refractivity contribution >= 4 is 21.5 Å². The molecular formula is C15H15N5O2S. The number of nitrogens with one attached hydrogen (secondary N) is 1. The maximum absolute atomic E-state index is 12.3. The highest BCUT2D eigenvalue weighted by Gasteiger charge is 2.26. The fourth-order valence-corrected chi connectivity index (χ4v) is 4.03. The maximum Gasteiger partial charge on any atom is 0.286 e. The number of nitrogens with zero attached hydrogens (tertiary/aromatic N) is 4. The molecule has 3 heterocycles. The van der Waals surface area contributed by atoms with Gasteiger partial charge in [-0.25, -0.2) is 9.97 Å². The Balaban J connectivity index is 1.56. The van der Waals surface area contributed by atoms with Crippen molar-refractivity contribution in [1.29, 1.82) is 0 Å². The fraction of sp³-hybridized carbons (Fsp3) is 0.267. The SMILES string of the molecule is O=S1(=O)N=C(CN2CCc3cncnc3C2)Nc2ccccc21. The van der Waals surface area contributed by atoms with E-state index in [4.69, 9.17) is 0 Å². The normalized spacial score (nSPS) is 19.2. The molecule has 2 aliphatic rings. The lowest BCUT2D eigenvalue weighted by Gasteiger charge is -2.29. The average Bonchev–Trinajstić information content (AvgIpc) is 2.54. The Labute approximate surface area is 134 Å². The molecular weight excluding hydrogens is 314 g/mol. The molecule has 7 nitrogen and oxygen atoms in total. The van der Waals surface area contributed by atoms with Crippen molar-refractivity contribution in [3.63, 3.8) is 0 Å². The molecule has 0 fully saturated rings. The first kappa shape index (κ1) is 14.3. The Morgan fingerprint density at radius 3 is 3.04 bits per heavy atom. The summed E-state index contributed by atoms with van der Waals surface area (Å²) in [6.07, 6.45) is 4.24. The van der Waals surface area contributed by atoms with Gasteiger partial charge in [-0.15, -0.1) is 4.40 Å². The number of para-hydroxylation sites is 1. The second-order valence-electron chi connectivity index (χ2n) is 5.59. The summed E-state index contributed by atoms with van der Waals surface area (Å²) in [6.45, 7) is 1.93. The highest BCUT2D eigenvalue weighted by molar-refractivity contribution is 7.90. The molecule has 0 atom stereocenters. The molecule has 8 heteroatoms. The number of hydrogen-bond acceptors (Lipinski definition) is 6. The van der Waals surface area contributed by atoms with Crippen LogP contribution in [0.15, 0.2) is 46.1 Å². The van der Waals surface area contributed by atoms with E-state index in [0.717, 1.165) is 24.2 Å². The lowest BCUT2D eigenvalue weighted by atomic mass is 10.1. The lowest BCUT2D eigenvalue weighted by molar-refractivity contribution is 0.284. The van der Waals surface area contributed by atoms with Crippen molar-refractivity contribution in [2.75, 3.05) is 18.4 Å². The smallest absolute Gasteiger partial charge is 0.286 e. The summed E-state index contributed by atoms with van der Waals surface area (Å²) in [6, 6.07) is 6.81. The van der Waals surface area contributed by atoms with Gasteiger partial charge < -0.3 is 5.32 Å². The van der Waals surface area contributed by atoms with Crippen molar-refractivity contribution < 1.29 is 8.42 Å². The van der Waals surface area contributed by atoms with E-state index in [1.807, 2.05) is 6.20 Å². The molecule has 1 aromatic carbocycles. The van der Waals surface area contributed by atoms with Gasteiger partial charge in [-0.2, -0.15) is 8.42 Å². The van der Waals surface area contributed by atoms with Crippen LogP contribution in [0.5, 0.6) is 0 Å². The average molecular weight is 329 g/mol. The Kier molecular flexibility index (Phi) is 3.35. The molecule has 0 saturated carbocycles. The van der Waals surface area contributed by atoms with Crippen LogP contribution < -0.4 is 5.32 Å². The van der Waals surface area contributed by atoms with E-state index in [1.165, 1.54) is 0 Å². The summed E-state index contributed by atoms with van der Waals surface area (Å²) in [5.41, 5.74) is 2.73. The van der Waals surface area contributed by atoms with Crippen LogP contribution in [0.25, 0.3) is 0 Å². The molecule has 0 bridgehead atoms. The number of sulfonamides is 1. The van der Waals surface area contributed by atoms with Gasteiger partial charge in [0, 0.05) is 19.3 Å². The Hall–Kier alpha value is -2.32. The van der Waals surface area contributed by atoms with Crippen LogP contribution in [0.4, 0.5) is 5.69 Å². The van der Waals surface area contributed by atoms with Crippen molar-refractivity contribution in [3.05, 3.63) is 48.0 Å². The Bertz CT molecular complexity index is 894. The summed E-state index contributed by atoms with van der Waals surface area (Å²) in [7, 11) is -3.63. The number of hydrogen-bond donors (Lipinski definition) is 1. The molecule has 2 aliphatic heterocycles. The molecule has 4 rings (SSSR count). The molecule has 0 saturated heterocycles. The van der Waals surface area contributed by atoms with Gasteiger partial charge in [-0.05, 0) is 24.1 Å². The second kappa shape index (κ2) is 5.39. The highest BCUT2D eigenvalue weighted by atomic mass is 32.2. The van der Waals surface area contributed by atoms with Crippen LogP contribution >= 0.6 is 0 Å². The third-order valence-electron chi connectivity index (χ3n) is 4.00. The van der Waals surface area contributed by atoms with Crippen LogP contribution in [-0.4, -0.2) is 42.2 Å². The van der Waals surface area contributed by atoms with E-state index in [0.29, 0.717) is 24.6 Å². The van der Waals surface area contributed by atoms with E-state index in [2.05, 4.69) is 24.6 Å². The summed E-state index contributed by atoms with van der Waals surface area (Å²) < 4.78 is 28.4. The van der Waals surface area contributed by atoms with Crippen LogP contribution in [0.2, 0.25) is 0 Å². The van der Waals surface area contributed by atoms with Gasteiger partial charge >= 0.3 is 0 Å². The predicted octanol–water partition coefficient (Wildman–Crippen LogP) is 1.05. The third kappa shape index (κ3) is 2.71. The fourth-order valence-electron chi connectivity index (χ4n) is 2.89. The molecule has 118 valence electrons. The largest absolute Gasteiger partial charge is 0.341 e. The molecule has 0 aliphatic carbocycles. The second-order valence-corrected chi connectivity index (χ2v) is 7.16. The maximum atomic E-state index is 12.3. The quantitative estimate of drug-likeness (QED) is 0.886. The lowest BCUT2D eigenvalue weighted by Crippen LogP contribution is -2.39. The van der Waals surface area contributed by atoms with Crippen molar-refractivity contribution in [2.45, 2.75) is 17.9 Å². The van der Waals surface area contributed by atoms with Crippen molar-refractivity contribution in [2.24, 2.45) is 4.40 Å². The van der Waals surface area contributed by atoms with Gasteiger partial charge in [0.05, 0.1) is 17.9 Å². The zero-order chi connectivity index (χ0) is 15.9. The van der Waals surface area contributed by atoms with Gasteiger partial charge in [0.25, 0.3) is 10.0 Å². The number of anilines is 1. The molecule has 23 heavy (non-hydrogen) atoms. The van der Waals surface area contributed by atoms with E-state index in [9.17, 15) is 8.42 Å². The summed E-state index contributed by atoms with van der Waals surface area (Å²) in [4.78, 5) is 10.7. The monoisotopic (exact) mass is 329 g/mol. The number of fused-ring (bicyclic) bond motifs is 2. The first-order chi connectivity index (χ1) is 11.1. The number of aromatic nitrogens is 2. The Morgan fingerprint density at radius 2 is 2.13 bits per heavy atom. The van der Waals surface area contributed by atoms with E-state index >= 15 is 0 Å². The molecule has 0 spiro atoms. The van der Waals surface area contributed by atoms with E-state index in [-0.39, 0.29) is 4.90 Å². The highest BCUT2D eigenvalue weighted by Crippen LogP contribution is 2.27. The Morgan fingerprint density at radius 1 is 1.26 bits per heavy atom. The summed E-state index contributed by atoms with van der Waals surface area (Å²) in [5, 5.41) is 3.12. The summed E-state index contributed by atoms with van der Waals surface area (Å²) in [5.74, 6) is 0.446.